The molecular weight excluding hydrogens is 488 g/mol. The molecule has 0 radical (unpaired) electrons. The van der Waals surface area contributed by atoms with Gasteiger partial charge in [0.05, 0.1) is 11.7 Å². The lowest BCUT2D eigenvalue weighted by Gasteiger charge is -2.51. The summed E-state index contributed by atoms with van der Waals surface area (Å²) in [5.74, 6) is -0.0156. The quantitative estimate of drug-likeness (QED) is 0.478. The Labute approximate surface area is 224 Å². The fourth-order valence-corrected chi connectivity index (χ4v) is 6.22. The van der Waals surface area contributed by atoms with Gasteiger partial charge in [-0.2, -0.15) is 5.10 Å². The molecule has 1 aromatic rings. The first-order chi connectivity index (χ1) is 17.7. The van der Waals surface area contributed by atoms with Crippen LogP contribution in [-0.2, 0) is 14.4 Å². The predicted octanol–water partition coefficient (Wildman–Crippen LogP) is 3.39. The molecule has 5 atom stereocenters. The van der Waals surface area contributed by atoms with Gasteiger partial charge in [0.2, 0.25) is 17.7 Å². The summed E-state index contributed by atoms with van der Waals surface area (Å²) in [6, 6.07) is 5.88. The molecule has 2 heterocycles. The number of benzene rings is 1. The molecule has 5 unspecified atom stereocenters. The minimum atomic E-state index is -0.379. The van der Waals surface area contributed by atoms with Gasteiger partial charge in [0.1, 0.15) is 0 Å². The van der Waals surface area contributed by atoms with Crippen LogP contribution in [0.2, 0.25) is 0 Å². The van der Waals surface area contributed by atoms with Gasteiger partial charge < -0.3 is 20.4 Å². The second kappa shape index (κ2) is 11.8. The van der Waals surface area contributed by atoms with Crippen LogP contribution in [0.25, 0.3) is 0 Å². The number of fused-ring (bicyclic) bond motifs is 3. The lowest BCUT2D eigenvalue weighted by atomic mass is 9.75. The molecule has 37 heavy (non-hydrogen) atoms. The number of nitrogens with zero attached hydrogens (tertiary/aromatic N) is 3. The Bertz CT molecular complexity index is 1060. The number of amides is 3. The SMILES string of the molecule is CCCN1C(=O)C2CCC(C(=O)NC(C)CC)CC2N2C(SCC(=O)Nc3ccc(C)c(C)c3)=NNC12. The van der Waals surface area contributed by atoms with Gasteiger partial charge in [0.15, 0.2) is 11.5 Å². The molecule has 0 spiro atoms. The summed E-state index contributed by atoms with van der Waals surface area (Å²) in [6.07, 6.45) is 3.33. The van der Waals surface area contributed by atoms with Gasteiger partial charge in [-0.1, -0.05) is 31.7 Å². The van der Waals surface area contributed by atoms with Gasteiger partial charge in [-0.25, -0.2) is 0 Å². The molecule has 1 aliphatic carbocycles. The first kappa shape index (κ1) is 27.3. The highest BCUT2D eigenvalue weighted by Crippen LogP contribution is 2.41. The highest BCUT2D eigenvalue weighted by molar-refractivity contribution is 8.14. The number of anilines is 1. The van der Waals surface area contributed by atoms with Crippen LogP contribution in [0.5, 0.6) is 0 Å². The molecule has 202 valence electrons. The third-order valence-corrected chi connectivity index (χ3v) is 8.76. The highest BCUT2D eigenvalue weighted by Gasteiger charge is 2.52. The number of hydrogen-bond acceptors (Lipinski definition) is 7. The van der Waals surface area contributed by atoms with Crippen molar-refractivity contribution in [3.8, 4) is 0 Å². The summed E-state index contributed by atoms with van der Waals surface area (Å²) in [6.45, 7) is 10.8. The largest absolute Gasteiger partial charge is 0.353 e. The zero-order valence-electron chi connectivity index (χ0n) is 22.5. The zero-order valence-corrected chi connectivity index (χ0v) is 23.4. The van der Waals surface area contributed by atoms with Crippen LogP contribution in [0.15, 0.2) is 23.3 Å². The van der Waals surface area contributed by atoms with E-state index in [0.717, 1.165) is 24.1 Å². The fourth-order valence-electron chi connectivity index (χ4n) is 5.38. The molecule has 2 fully saturated rings. The first-order valence-electron chi connectivity index (χ1n) is 13.5. The topological polar surface area (TPSA) is 106 Å². The maximum atomic E-state index is 13.5. The molecule has 1 aromatic carbocycles. The molecular formula is C27H40N6O3S. The molecule has 1 saturated heterocycles. The zero-order chi connectivity index (χ0) is 26.7. The van der Waals surface area contributed by atoms with Gasteiger partial charge in [-0.3, -0.25) is 19.8 Å². The minimum Gasteiger partial charge on any atom is -0.353 e. The van der Waals surface area contributed by atoms with E-state index in [1.165, 1.54) is 17.3 Å². The third-order valence-electron chi connectivity index (χ3n) is 7.79. The van der Waals surface area contributed by atoms with Gasteiger partial charge in [0.25, 0.3) is 0 Å². The maximum absolute atomic E-state index is 13.5. The number of rotatable bonds is 8. The van der Waals surface area contributed by atoms with Crippen LogP contribution >= 0.6 is 11.8 Å². The second-order valence-electron chi connectivity index (χ2n) is 10.5. The van der Waals surface area contributed by atoms with Crippen molar-refractivity contribution in [2.45, 2.75) is 85.1 Å². The molecule has 4 rings (SSSR count). The van der Waals surface area contributed by atoms with Crippen LogP contribution in [0.3, 0.4) is 0 Å². The molecule has 2 aliphatic heterocycles. The van der Waals surface area contributed by atoms with Gasteiger partial charge in [-0.15, -0.1) is 0 Å². The summed E-state index contributed by atoms with van der Waals surface area (Å²) >= 11 is 1.37. The Kier molecular flexibility index (Phi) is 8.67. The van der Waals surface area contributed by atoms with Crippen molar-refractivity contribution >= 4 is 40.3 Å². The van der Waals surface area contributed by atoms with E-state index in [9.17, 15) is 14.4 Å². The summed E-state index contributed by atoms with van der Waals surface area (Å²) < 4.78 is 0. The lowest BCUT2D eigenvalue weighted by Crippen LogP contribution is -2.68. The van der Waals surface area contributed by atoms with Crippen molar-refractivity contribution in [1.82, 2.24) is 20.5 Å². The summed E-state index contributed by atoms with van der Waals surface area (Å²) in [5, 5.41) is 11.3. The fraction of sp³-hybridized carbons (Fsp3) is 0.630. The predicted molar refractivity (Wildman–Crippen MR) is 148 cm³/mol. The van der Waals surface area contributed by atoms with Gasteiger partial charge >= 0.3 is 0 Å². The molecule has 9 nitrogen and oxygen atoms in total. The van der Waals surface area contributed by atoms with E-state index in [1.807, 2.05) is 43.9 Å². The van der Waals surface area contributed by atoms with E-state index in [1.54, 1.807) is 0 Å². The van der Waals surface area contributed by atoms with Crippen molar-refractivity contribution in [3.63, 3.8) is 0 Å². The third kappa shape index (κ3) is 5.89. The second-order valence-corrected chi connectivity index (χ2v) is 11.4. The molecule has 3 amide bonds. The van der Waals surface area contributed by atoms with Crippen LogP contribution in [0.4, 0.5) is 5.69 Å². The van der Waals surface area contributed by atoms with E-state index in [0.29, 0.717) is 31.0 Å². The number of thioether (sulfide) groups is 1. The molecule has 3 aliphatic rings. The number of carbonyl (C=O) groups excluding carboxylic acids is 3. The average molecular weight is 529 g/mol. The van der Waals surface area contributed by atoms with E-state index in [2.05, 4.69) is 39.9 Å². The number of carbonyl (C=O) groups is 3. The van der Waals surface area contributed by atoms with Crippen molar-refractivity contribution < 1.29 is 14.4 Å². The molecule has 10 heteroatoms. The van der Waals surface area contributed by atoms with E-state index in [-0.39, 0.29) is 53.7 Å². The van der Waals surface area contributed by atoms with E-state index < -0.39 is 0 Å². The normalized spacial score (nSPS) is 25.5. The van der Waals surface area contributed by atoms with Gasteiger partial charge in [-0.05, 0) is 76.1 Å². The molecule has 1 saturated carbocycles. The highest BCUT2D eigenvalue weighted by atomic mass is 32.2. The number of hydrazone groups is 1. The van der Waals surface area contributed by atoms with E-state index in [4.69, 9.17) is 0 Å². The summed E-state index contributed by atoms with van der Waals surface area (Å²) in [4.78, 5) is 43.2. The Morgan fingerprint density at radius 1 is 1.22 bits per heavy atom. The van der Waals surface area contributed by atoms with Crippen molar-refractivity contribution in [1.29, 1.82) is 0 Å². The Morgan fingerprint density at radius 2 is 2.00 bits per heavy atom. The average Bonchev–Trinajstić information content (AvgIpc) is 3.31. The van der Waals surface area contributed by atoms with Crippen molar-refractivity contribution in [2.24, 2.45) is 16.9 Å². The maximum Gasteiger partial charge on any atom is 0.234 e. The van der Waals surface area contributed by atoms with Crippen LogP contribution in [0, 0.1) is 25.7 Å². The van der Waals surface area contributed by atoms with Crippen LogP contribution < -0.4 is 16.1 Å². The lowest BCUT2D eigenvalue weighted by molar-refractivity contribution is -0.157. The van der Waals surface area contributed by atoms with Crippen LogP contribution in [-0.4, -0.2) is 63.4 Å². The van der Waals surface area contributed by atoms with E-state index >= 15 is 0 Å². The smallest absolute Gasteiger partial charge is 0.234 e. The monoisotopic (exact) mass is 528 g/mol. The van der Waals surface area contributed by atoms with Crippen molar-refractivity contribution in [2.75, 3.05) is 17.6 Å². The van der Waals surface area contributed by atoms with Crippen LogP contribution in [0.1, 0.15) is 64.0 Å². The van der Waals surface area contributed by atoms with Crippen molar-refractivity contribution in [3.05, 3.63) is 29.3 Å². The minimum absolute atomic E-state index is 0.0684. The number of aryl methyl sites for hydroxylation is 2. The Hall–Kier alpha value is -2.75. The summed E-state index contributed by atoms with van der Waals surface area (Å²) in [5.41, 5.74) is 6.23. The van der Waals surface area contributed by atoms with Gasteiger partial charge in [0, 0.05) is 30.2 Å². The Morgan fingerprint density at radius 3 is 2.70 bits per heavy atom. The number of nitrogens with one attached hydrogen (secondary N) is 3. The standard InChI is InChI=1S/C27H40N6O3S/c1-6-12-32-25(36)21-11-9-19(24(35)28-18(5)7-2)14-22(21)33-26(32)30-31-27(33)37-15-23(34)29-20-10-8-16(3)17(4)13-20/h8,10,13,18-19,21-22,26,30H,6-7,9,11-12,14-15H2,1-5H3,(H,28,35)(H,29,34). The first-order valence-corrected chi connectivity index (χ1v) is 14.4. The molecule has 0 aromatic heterocycles. The number of amidine groups is 1. The molecule has 0 bridgehead atoms. The summed E-state index contributed by atoms with van der Waals surface area (Å²) in [7, 11) is 0. The Balaban J connectivity index is 1.47. The number of hydrogen-bond donors (Lipinski definition) is 3. The molecule has 3 N–H and O–H groups in total.